The van der Waals surface area contributed by atoms with Crippen molar-refractivity contribution in [3.63, 3.8) is 0 Å². The van der Waals surface area contributed by atoms with Crippen LogP contribution >= 0.6 is 0 Å². The maximum atomic E-state index is 8.83. The van der Waals surface area contributed by atoms with Gasteiger partial charge in [-0.05, 0) is 25.3 Å². The Kier molecular flexibility index (Phi) is 6.17. The molecule has 0 spiro atoms. The van der Waals surface area contributed by atoms with Gasteiger partial charge in [-0.15, -0.1) is 5.10 Å². The molecule has 1 aromatic heterocycles. The minimum absolute atomic E-state index is 0.0430. The number of rotatable bonds is 7. The van der Waals surface area contributed by atoms with E-state index in [1.54, 1.807) is 6.92 Å². The highest BCUT2D eigenvalue weighted by Crippen LogP contribution is 2.20. The molecule has 0 fully saturated rings. The Hall–Kier alpha value is -1.89. The monoisotopic (exact) mass is 282 g/mol. The molecule has 0 aliphatic carbocycles. The lowest BCUT2D eigenvalue weighted by molar-refractivity contribution is 0.0802. The predicted molar refractivity (Wildman–Crippen MR) is 75.2 cm³/mol. The summed E-state index contributed by atoms with van der Waals surface area (Å²) >= 11 is 0. The van der Waals surface area contributed by atoms with Gasteiger partial charge < -0.3 is 20.4 Å². The van der Waals surface area contributed by atoms with Crippen LogP contribution in [0.25, 0.3) is 0 Å². The van der Waals surface area contributed by atoms with Crippen LogP contribution in [0.4, 0.5) is 0 Å². The fourth-order valence-corrected chi connectivity index (χ4v) is 1.56. The summed E-state index contributed by atoms with van der Waals surface area (Å²) in [5, 5.41) is 19.8. The Bertz CT molecular complexity index is 475. The van der Waals surface area contributed by atoms with Gasteiger partial charge in [0.25, 0.3) is 0 Å². The Labute approximate surface area is 118 Å². The first-order valence-electron chi connectivity index (χ1n) is 6.49. The van der Waals surface area contributed by atoms with E-state index >= 15 is 0 Å². The molecule has 1 heterocycles. The molecule has 0 atom stereocenters. The number of hydrogen-bond acceptors (Lipinski definition) is 6. The van der Waals surface area contributed by atoms with E-state index in [1.165, 1.54) is 0 Å². The predicted octanol–water partition coefficient (Wildman–Crippen LogP) is 1.24. The first-order chi connectivity index (χ1) is 9.47. The minimum Gasteiger partial charge on any atom is -0.474 e. The SMILES string of the molecule is Cc1nnc(OCCOCC(C)C)c(C(N)=NO)c1C. The largest absolute Gasteiger partial charge is 0.474 e. The highest BCUT2D eigenvalue weighted by Gasteiger charge is 2.16. The minimum atomic E-state index is -0.0430. The smallest absolute Gasteiger partial charge is 0.245 e. The normalized spacial score (nSPS) is 11.9. The average molecular weight is 282 g/mol. The summed E-state index contributed by atoms with van der Waals surface area (Å²) in [6.45, 7) is 9.22. The van der Waals surface area contributed by atoms with Gasteiger partial charge in [0.15, 0.2) is 5.84 Å². The van der Waals surface area contributed by atoms with E-state index in [9.17, 15) is 0 Å². The fraction of sp³-hybridized carbons (Fsp3) is 0.615. The lowest BCUT2D eigenvalue weighted by Crippen LogP contribution is -2.20. The Morgan fingerprint density at radius 3 is 2.60 bits per heavy atom. The van der Waals surface area contributed by atoms with Crippen molar-refractivity contribution in [2.24, 2.45) is 16.8 Å². The van der Waals surface area contributed by atoms with Gasteiger partial charge in [0.2, 0.25) is 5.88 Å². The van der Waals surface area contributed by atoms with Gasteiger partial charge in [0.05, 0.1) is 17.9 Å². The molecule has 20 heavy (non-hydrogen) atoms. The van der Waals surface area contributed by atoms with E-state index in [0.717, 1.165) is 5.56 Å². The van der Waals surface area contributed by atoms with Gasteiger partial charge in [-0.2, -0.15) is 5.10 Å². The van der Waals surface area contributed by atoms with Crippen molar-refractivity contribution in [1.82, 2.24) is 10.2 Å². The first kappa shape index (κ1) is 16.2. The molecule has 1 aromatic rings. The van der Waals surface area contributed by atoms with Crippen molar-refractivity contribution < 1.29 is 14.7 Å². The van der Waals surface area contributed by atoms with Gasteiger partial charge in [-0.3, -0.25) is 0 Å². The van der Waals surface area contributed by atoms with Crippen molar-refractivity contribution in [2.75, 3.05) is 19.8 Å². The highest BCUT2D eigenvalue weighted by atomic mass is 16.5. The van der Waals surface area contributed by atoms with Crippen LogP contribution in [0.3, 0.4) is 0 Å². The van der Waals surface area contributed by atoms with E-state index in [2.05, 4.69) is 29.2 Å². The molecule has 0 bridgehead atoms. The fourth-order valence-electron chi connectivity index (χ4n) is 1.56. The molecule has 0 aliphatic rings. The molecule has 1 rings (SSSR count). The zero-order valence-electron chi connectivity index (χ0n) is 12.4. The number of oxime groups is 1. The van der Waals surface area contributed by atoms with E-state index in [0.29, 0.717) is 37.0 Å². The topological polar surface area (TPSA) is 103 Å². The molecule has 0 aliphatic heterocycles. The number of hydrogen-bond donors (Lipinski definition) is 2. The quantitative estimate of drug-likeness (QED) is 0.256. The standard InChI is InChI=1S/C13H22N4O3/c1-8(2)7-19-5-6-20-13-11(12(14)17-18)9(3)10(4)15-16-13/h8,18H,5-7H2,1-4H3,(H2,14,17). The summed E-state index contributed by atoms with van der Waals surface area (Å²) in [7, 11) is 0. The lowest BCUT2D eigenvalue weighted by atomic mass is 10.1. The average Bonchev–Trinajstić information content (AvgIpc) is 2.41. The Balaban J connectivity index is 2.73. The lowest BCUT2D eigenvalue weighted by Gasteiger charge is -2.13. The number of amidine groups is 1. The number of aryl methyl sites for hydroxylation is 1. The highest BCUT2D eigenvalue weighted by molar-refractivity contribution is 6.00. The maximum Gasteiger partial charge on any atom is 0.245 e. The molecule has 7 heteroatoms. The molecule has 0 radical (unpaired) electrons. The van der Waals surface area contributed by atoms with Crippen LogP contribution in [0.5, 0.6) is 5.88 Å². The Morgan fingerprint density at radius 2 is 2.00 bits per heavy atom. The van der Waals surface area contributed by atoms with Crippen LogP contribution in [0.2, 0.25) is 0 Å². The summed E-state index contributed by atoms with van der Waals surface area (Å²) in [6, 6.07) is 0. The zero-order chi connectivity index (χ0) is 15.1. The maximum absolute atomic E-state index is 8.83. The number of nitrogens with zero attached hydrogens (tertiary/aromatic N) is 3. The van der Waals surface area contributed by atoms with Crippen LogP contribution in [-0.4, -0.2) is 41.1 Å². The van der Waals surface area contributed by atoms with Crippen molar-refractivity contribution in [3.05, 3.63) is 16.8 Å². The van der Waals surface area contributed by atoms with Gasteiger partial charge in [-0.1, -0.05) is 19.0 Å². The number of ether oxygens (including phenoxy) is 2. The second-order valence-corrected chi connectivity index (χ2v) is 4.89. The van der Waals surface area contributed by atoms with E-state index in [-0.39, 0.29) is 11.7 Å². The molecule has 0 saturated carbocycles. The molecular weight excluding hydrogens is 260 g/mol. The number of nitrogens with two attached hydrogens (primary N) is 1. The molecule has 112 valence electrons. The van der Waals surface area contributed by atoms with Gasteiger partial charge in [0.1, 0.15) is 6.61 Å². The van der Waals surface area contributed by atoms with Crippen LogP contribution in [0.1, 0.15) is 30.7 Å². The third-order valence-corrected chi connectivity index (χ3v) is 2.70. The van der Waals surface area contributed by atoms with Gasteiger partial charge in [0, 0.05) is 6.61 Å². The van der Waals surface area contributed by atoms with E-state index in [1.807, 2.05) is 6.92 Å². The van der Waals surface area contributed by atoms with Crippen molar-refractivity contribution in [2.45, 2.75) is 27.7 Å². The third kappa shape index (κ3) is 4.34. The van der Waals surface area contributed by atoms with Crippen molar-refractivity contribution >= 4 is 5.84 Å². The number of aromatic nitrogens is 2. The molecule has 7 nitrogen and oxygen atoms in total. The van der Waals surface area contributed by atoms with Crippen molar-refractivity contribution in [1.29, 1.82) is 0 Å². The van der Waals surface area contributed by atoms with Gasteiger partial charge in [-0.25, -0.2) is 0 Å². The summed E-state index contributed by atoms with van der Waals surface area (Å²) in [5.41, 5.74) is 7.59. The van der Waals surface area contributed by atoms with E-state index in [4.69, 9.17) is 20.4 Å². The summed E-state index contributed by atoms with van der Waals surface area (Å²) in [6.07, 6.45) is 0. The first-order valence-corrected chi connectivity index (χ1v) is 6.49. The molecule has 0 saturated heterocycles. The molecular formula is C13H22N4O3. The van der Waals surface area contributed by atoms with Crippen LogP contribution < -0.4 is 10.5 Å². The molecule has 3 N–H and O–H groups in total. The van der Waals surface area contributed by atoms with Crippen molar-refractivity contribution in [3.8, 4) is 5.88 Å². The summed E-state index contributed by atoms with van der Waals surface area (Å²) in [5.74, 6) is 0.680. The Morgan fingerprint density at radius 1 is 1.30 bits per heavy atom. The van der Waals surface area contributed by atoms with Crippen LogP contribution in [0, 0.1) is 19.8 Å². The molecule has 0 unspecified atom stereocenters. The third-order valence-electron chi connectivity index (χ3n) is 2.70. The van der Waals surface area contributed by atoms with Crippen LogP contribution in [0.15, 0.2) is 5.16 Å². The van der Waals surface area contributed by atoms with Gasteiger partial charge >= 0.3 is 0 Å². The summed E-state index contributed by atoms with van der Waals surface area (Å²) < 4.78 is 10.9. The molecule has 0 amide bonds. The zero-order valence-corrected chi connectivity index (χ0v) is 12.4. The van der Waals surface area contributed by atoms with Crippen LogP contribution in [-0.2, 0) is 4.74 Å². The molecule has 0 aromatic carbocycles. The second kappa shape index (κ2) is 7.64. The summed E-state index contributed by atoms with van der Waals surface area (Å²) in [4.78, 5) is 0. The van der Waals surface area contributed by atoms with E-state index < -0.39 is 0 Å². The second-order valence-electron chi connectivity index (χ2n) is 4.89.